The highest BCUT2D eigenvalue weighted by Crippen LogP contribution is 2.40. The molecule has 12 heteroatoms. The van der Waals surface area contributed by atoms with Gasteiger partial charge in [-0.3, -0.25) is 19.3 Å². The number of rotatable bonds is 6. The average Bonchev–Trinajstić information content (AvgIpc) is 3.49. The van der Waals surface area contributed by atoms with Gasteiger partial charge in [0.25, 0.3) is 11.8 Å². The number of para-hydroxylation sites is 1. The maximum Gasteiger partial charge on any atom is 0.273 e. The Morgan fingerprint density at radius 2 is 1.82 bits per heavy atom. The summed E-state index contributed by atoms with van der Waals surface area (Å²) in [5, 5.41) is 3.77. The first-order valence-corrected chi connectivity index (χ1v) is 13.0. The van der Waals surface area contributed by atoms with Crippen molar-refractivity contribution in [2.24, 2.45) is 5.73 Å². The first-order chi connectivity index (χ1) is 18.5. The van der Waals surface area contributed by atoms with Crippen molar-refractivity contribution >= 4 is 51.5 Å². The van der Waals surface area contributed by atoms with Crippen molar-refractivity contribution in [2.45, 2.75) is 32.4 Å². The van der Waals surface area contributed by atoms with Gasteiger partial charge in [0, 0.05) is 40.0 Å². The number of aromatic nitrogens is 2. The second-order valence-electron chi connectivity index (χ2n) is 10.1. The lowest BCUT2D eigenvalue weighted by molar-refractivity contribution is -0.123. The Kier molecular flexibility index (Phi) is 6.64. The third-order valence-corrected chi connectivity index (χ3v) is 6.95. The third kappa shape index (κ3) is 4.98. The van der Waals surface area contributed by atoms with Gasteiger partial charge in [-0.2, -0.15) is 4.37 Å². The summed E-state index contributed by atoms with van der Waals surface area (Å²) in [6, 6.07) is 11.3. The van der Waals surface area contributed by atoms with E-state index in [-0.39, 0.29) is 16.3 Å². The van der Waals surface area contributed by atoms with Crippen LogP contribution in [0.25, 0.3) is 10.9 Å². The predicted molar refractivity (Wildman–Crippen MR) is 148 cm³/mol. The number of nitrogens with two attached hydrogens (primary N) is 2. The lowest BCUT2D eigenvalue weighted by Crippen LogP contribution is -2.49. The number of benzene rings is 2. The molecule has 3 amide bonds. The summed E-state index contributed by atoms with van der Waals surface area (Å²) in [6.07, 6.45) is 1.71. The van der Waals surface area contributed by atoms with Crippen LogP contribution in [0, 0.1) is 0 Å². The molecule has 6 N–H and O–H groups in total. The van der Waals surface area contributed by atoms with Gasteiger partial charge < -0.3 is 31.2 Å². The number of carbonyl (C=O) groups is 3. The Hall–Kier alpha value is -4.58. The number of ether oxygens (including phenoxy) is 2. The number of anilines is 2. The van der Waals surface area contributed by atoms with E-state index < -0.39 is 29.3 Å². The second kappa shape index (κ2) is 9.95. The fourth-order valence-corrected chi connectivity index (χ4v) is 5.20. The molecule has 0 aliphatic carbocycles. The number of carbonyl (C=O) groups excluding carboxylic acids is 3. The summed E-state index contributed by atoms with van der Waals surface area (Å²) >= 11 is 0.745. The number of amides is 3. The van der Waals surface area contributed by atoms with Crippen molar-refractivity contribution in [3.8, 4) is 11.5 Å². The van der Waals surface area contributed by atoms with E-state index in [1.165, 1.54) is 4.90 Å². The van der Waals surface area contributed by atoms with E-state index >= 15 is 0 Å². The van der Waals surface area contributed by atoms with Gasteiger partial charge in [0.2, 0.25) is 5.91 Å². The normalized spacial score (nSPS) is 13.6. The van der Waals surface area contributed by atoms with Gasteiger partial charge in [0.15, 0.2) is 17.2 Å². The van der Waals surface area contributed by atoms with Crippen LogP contribution in [0.15, 0.2) is 48.7 Å². The molecule has 202 valence electrons. The molecule has 1 atom stereocenters. The fourth-order valence-electron chi connectivity index (χ4n) is 4.46. The highest BCUT2D eigenvalue weighted by atomic mass is 32.1. The van der Waals surface area contributed by atoms with Gasteiger partial charge in [0.05, 0.1) is 5.69 Å². The highest BCUT2D eigenvalue weighted by molar-refractivity contribution is 7.09. The average molecular weight is 549 g/mol. The van der Waals surface area contributed by atoms with Crippen LogP contribution in [-0.2, 0) is 4.79 Å². The van der Waals surface area contributed by atoms with Crippen molar-refractivity contribution < 1.29 is 23.9 Å². The number of hydrogen-bond donors (Lipinski definition) is 4. The van der Waals surface area contributed by atoms with Crippen LogP contribution in [0.1, 0.15) is 52.5 Å². The minimum atomic E-state index is -1.14. The van der Waals surface area contributed by atoms with E-state index in [4.69, 9.17) is 20.9 Å². The van der Waals surface area contributed by atoms with Gasteiger partial charge in [-0.1, -0.05) is 18.2 Å². The highest BCUT2D eigenvalue weighted by Gasteiger charge is 2.38. The summed E-state index contributed by atoms with van der Waals surface area (Å²) in [5.41, 5.74) is 12.3. The molecular weight excluding hydrogens is 520 g/mol. The molecule has 39 heavy (non-hydrogen) atoms. The standard InChI is InChI=1S/C27H28N6O5S/c1-27(2,3)31-25(35)22(16-13-30-17-7-5-4-6-15(16)17)33(14-8-9-18-19(12-14)38-11-10-37-18)26(36)23-20(28)21(24(29)34)32-39-23/h4-9,12-13,22,30H,10-11,28H2,1-3H3,(H2,29,34)(H,31,35). The van der Waals surface area contributed by atoms with E-state index in [0.717, 1.165) is 22.4 Å². The number of nitrogen functional groups attached to an aromatic ring is 1. The number of H-pyrrole nitrogens is 1. The minimum absolute atomic E-state index is 0.0212. The van der Waals surface area contributed by atoms with E-state index in [1.54, 1.807) is 24.4 Å². The first kappa shape index (κ1) is 26.0. The Morgan fingerprint density at radius 3 is 2.51 bits per heavy atom. The van der Waals surface area contributed by atoms with Crippen molar-refractivity contribution in [3.63, 3.8) is 0 Å². The molecule has 5 rings (SSSR count). The first-order valence-electron chi connectivity index (χ1n) is 12.2. The maximum atomic E-state index is 14.3. The Balaban J connectivity index is 1.74. The number of primary amides is 1. The smallest absolute Gasteiger partial charge is 0.273 e. The van der Waals surface area contributed by atoms with Gasteiger partial charge in [-0.25, -0.2) is 0 Å². The number of fused-ring (bicyclic) bond motifs is 2. The minimum Gasteiger partial charge on any atom is -0.486 e. The molecule has 11 nitrogen and oxygen atoms in total. The van der Waals surface area contributed by atoms with Crippen LogP contribution in [-0.4, -0.2) is 45.8 Å². The van der Waals surface area contributed by atoms with Gasteiger partial charge in [-0.15, -0.1) is 0 Å². The number of nitrogens with one attached hydrogen (secondary N) is 2. The van der Waals surface area contributed by atoms with E-state index in [0.29, 0.717) is 36.0 Å². The quantitative estimate of drug-likeness (QED) is 0.287. The molecule has 3 heterocycles. The topological polar surface area (TPSA) is 166 Å². The van der Waals surface area contributed by atoms with Gasteiger partial charge in [-0.05, 0) is 50.5 Å². The Morgan fingerprint density at radius 1 is 1.10 bits per heavy atom. The SMILES string of the molecule is CC(C)(C)NC(=O)C(c1c[nH]c2ccccc12)N(C(=O)c1snc(C(N)=O)c1N)c1ccc2c(c1)OCCO2. The third-order valence-electron chi connectivity index (χ3n) is 6.10. The number of aromatic amines is 1. The summed E-state index contributed by atoms with van der Waals surface area (Å²) in [6.45, 7) is 6.30. The zero-order valence-electron chi connectivity index (χ0n) is 21.6. The van der Waals surface area contributed by atoms with Crippen LogP contribution in [0.3, 0.4) is 0 Å². The largest absolute Gasteiger partial charge is 0.486 e. The molecule has 2 aromatic heterocycles. The van der Waals surface area contributed by atoms with Crippen molar-refractivity contribution in [1.82, 2.24) is 14.7 Å². The summed E-state index contributed by atoms with van der Waals surface area (Å²) < 4.78 is 15.4. The molecule has 0 spiro atoms. The Labute approximate surface area is 228 Å². The zero-order valence-corrected chi connectivity index (χ0v) is 22.4. The summed E-state index contributed by atoms with van der Waals surface area (Å²) in [5.74, 6) is -0.955. The zero-order chi connectivity index (χ0) is 27.9. The van der Waals surface area contributed by atoms with Gasteiger partial charge >= 0.3 is 0 Å². The Bertz CT molecular complexity index is 1590. The molecular formula is C27H28N6O5S. The lowest BCUT2D eigenvalue weighted by Gasteiger charge is -2.34. The van der Waals surface area contributed by atoms with E-state index in [9.17, 15) is 14.4 Å². The van der Waals surface area contributed by atoms with Crippen molar-refractivity contribution in [2.75, 3.05) is 23.8 Å². The summed E-state index contributed by atoms with van der Waals surface area (Å²) in [7, 11) is 0. The van der Waals surface area contributed by atoms with Crippen molar-refractivity contribution in [3.05, 3.63) is 64.8 Å². The van der Waals surface area contributed by atoms with Crippen LogP contribution >= 0.6 is 11.5 Å². The van der Waals surface area contributed by atoms with Crippen molar-refractivity contribution in [1.29, 1.82) is 0 Å². The van der Waals surface area contributed by atoms with E-state index in [2.05, 4.69) is 14.7 Å². The molecule has 1 aliphatic heterocycles. The molecule has 0 saturated carbocycles. The summed E-state index contributed by atoms with van der Waals surface area (Å²) in [4.78, 5) is 44.7. The number of hydrogen-bond acceptors (Lipinski definition) is 8. The monoisotopic (exact) mass is 548 g/mol. The molecule has 0 fully saturated rings. The predicted octanol–water partition coefficient (Wildman–Crippen LogP) is 3.38. The van der Waals surface area contributed by atoms with Crippen LogP contribution in [0.2, 0.25) is 0 Å². The van der Waals surface area contributed by atoms with Crippen LogP contribution in [0.5, 0.6) is 11.5 Å². The second-order valence-corrected chi connectivity index (χ2v) is 10.8. The van der Waals surface area contributed by atoms with Crippen LogP contribution < -0.4 is 31.2 Å². The molecule has 4 aromatic rings. The molecule has 1 aliphatic rings. The fraction of sp³-hybridized carbons (Fsp3) is 0.259. The van der Waals surface area contributed by atoms with E-state index in [1.807, 2.05) is 45.0 Å². The molecule has 1 unspecified atom stereocenters. The number of nitrogens with zero attached hydrogens (tertiary/aromatic N) is 2. The van der Waals surface area contributed by atoms with Crippen LogP contribution in [0.4, 0.5) is 11.4 Å². The molecule has 0 bridgehead atoms. The van der Waals surface area contributed by atoms with Gasteiger partial charge in [0.1, 0.15) is 24.1 Å². The molecule has 2 aromatic carbocycles. The molecule has 0 saturated heterocycles. The molecule has 0 radical (unpaired) electrons. The maximum absolute atomic E-state index is 14.3. The lowest BCUT2D eigenvalue weighted by atomic mass is 9.99.